The molecule has 2 amide bonds. The summed E-state index contributed by atoms with van der Waals surface area (Å²) in [5.41, 5.74) is 0. The highest BCUT2D eigenvalue weighted by Gasteiger charge is 2.37. The van der Waals surface area contributed by atoms with Crippen LogP contribution in [0.4, 0.5) is 0 Å². The van der Waals surface area contributed by atoms with Gasteiger partial charge in [0.15, 0.2) is 0 Å². The van der Waals surface area contributed by atoms with Crippen molar-refractivity contribution in [3.05, 3.63) is 0 Å². The van der Waals surface area contributed by atoms with Crippen molar-refractivity contribution in [2.75, 3.05) is 24.6 Å². The molecule has 2 saturated carbocycles. The minimum Gasteiger partial charge on any atom is -0.339 e. The van der Waals surface area contributed by atoms with Gasteiger partial charge in [-0.05, 0) is 63.2 Å². The SMILES string of the molecule is O=C(CSCC(=O)N1CCCC2CCCCC21)N1CCCC2CCCCC21. The first-order valence-electron chi connectivity index (χ1n) is 11.4. The normalized spacial score (nSPS) is 33.9. The number of carbonyl (C=O) groups excluding carboxylic acids is 2. The van der Waals surface area contributed by atoms with E-state index in [2.05, 4.69) is 9.80 Å². The van der Waals surface area contributed by atoms with Gasteiger partial charge >= 0.3 is 0 Å². The summed E-state index contributed by atoms with van der Waals surface area (Å²) in [6.45, 7) is 1.87. The Morgan fingerprint density at radius 1 is 0.630 bits per heavy atom. The predicted molar refractivity (Wildman–Crippen MR) is 111 cm³/mol. The average Bonchev–Trinajstić information content (AvgIpc) is 2.72. The summed E-state index contributed by atoms with van der Waals surface area (Å²) in [5.74, 6) is 2.99. The molecule has 152 valence electrons. The molecule has 0 aromatic heterocycles. The lowest BCUT2D eigenvalue weighted by Gasteiger charge is -2.44. The molecular weight excluding hydrogens is 356 g/mol. The maximum Gasteiger partial charge on any atom is 0.232 e. The molecule has 2 saturated heterocycles. The van der Waals surface area contributed by atoms with Crippen LogP contribution in [-0.2, 0) is 9.59 Å². The zero-order valence-electron chi connectivity index (χ0n) is 16.7. The Hall–Kier alpha value is -0.710. The smallest absolute Gasteiger partial charge is 0.232 e. The van der Waals surface area contributed by atoms with Gasteiger partial charge in [-0.1, -0.05) is 25.7 Å². The monoisotopic (exact) mass is 392 g/mol. The van der Waals surface area contributed by atoms with E-state index in [0.29, 0.717) is 23.6 Å². The summed E-state index contributed by atoms with van der Waals surface area (Å²) < 4.78 is 0. The van der Waals surface area contributed by atoms with E-state index in [1.807, 2.05) is 0 Å². The third-order valence-electron chi connectivity index (χ3n) is 7.58. The number of fused-ring (bicyclic) bond motifs is 2. The number of rotatable bonds is 4. The van der Waals surface area contributed by atoms with Crippen LogP contribution in [-0.4, -0.2) is 58.3 Å². The molecule has 0 aromatic rings. The van der Waals surface area contributed by atoms with Crippen LogP contribution in [0.1, 0.15) is 77.0 Å². The van der Waals surface area contributed by atoms with E-state index >= 15 is 0 Å². The molecule has 2 heterocycles. The topological polar surface area (TPSA) is 40.6 Å². The van der Waals surface area contributed by atoms with E-state index in [9.17, 15) is 9.59 Å². The third-order valence-corrected chi connectivity index (χ3v) is 8.48. The van der Waals surface area contributed by atoms with Crippen LogP contribution in [0, 0.1) is 11.8 Å². The molecule has 4 nitrogen and oxygen atoms in total. The van der Waals surface area contributed by atoms with Crippen molar-refractivity contribution >= 4 is 23.6 Å². The fourth-order valence-corrected chi connectivity index (χ4v) is 7.04. The molecule has 4 atom stereocenters. The van der Waals surface area contributed by atoms with E-state index < -0.39 is 0 Å². The molecular formula is C22H36N2O2S. The Kier molecular flexibility index (Phi) is 6.67. The van der Waals surface area contributed by atoms with E-state index in [-0.39, 0.29) is 11.8 Å². The first-order valence-corrected chi connectivity index (χ1v) is 12.6. The van der Waals surface area contributed by atoms with Gasteiger partial charge in [-0.25, -0.2) is 0 Å². The number of amides is 2. The first kappa shape index (κ1) is 19.6. The molecule has 2 aliphatic carbocycles. The Morgan fingerprint density at radius 3 is 1.52 bits per heavy atom. The van der Waals surface area contributed by atoms with Crippen molar-refractivity contribution in [1.82, 2.24) is 9.80 Å². The Balaban J connectivity index is 1.25. The molecule has 0 radical (unpaired) electrons. The number of nitrogens with zero attached hydrogens (tertiary/aromatic N) is 2. The van der Waals surface area contributed by atoms with E-state index in [4.69, 9.17) is 0 Å². The molecule has 4 unspecified atom stereocenters. The highest BCUT2D eigenvalue weighted by atomic mass is 32.2. The van der Waals surface area contributed by atoms with Crippen molar-refractivity contribution in [3.63, 3.8) is 0 Å². The maximum atomic E-state index is 12.8. The maximum absolute atomic E-state index is 12.8. The molecule has 0 N–H and O–H groups in total. The van der Waals surface area contributed by atoms with Crippen LogP contribution < -0.4 is 0 Å². The zero-order valence-corrected chi connectivity index (χ0v) is 17.6. The van der Waals surface area contributed by atoms with Gasteiger partial charge in [0.05, 0.1) is 11.5 Å². The molecule has 2 aliphatic heterocycles. The number of thioether (sulfide) groups is 1. The summed E-state index contributed by atoms with van der Waals surface area (Å²) in [7, 11) is 0. The summed E-state index contributed by atoms with van der Waals surface area (Å²) >= 11 is 1.55. The molecule has 0 aromatic carbocycles. The highest BCUT2D eigenvalue weighted by Crippen LogP contribution is 2.36. The van der Waals surface area contributed by atoms with Crippen LogP contribution in [0.2, 0.25) is 0 Å². The van der Waals surface area contributed by atoms with Gasteiger partial charge in [0.25, 0.3) is 0 Å². The Morgan fingerprint density at radius 2 is 1.04 bits per heavy atom. The number of carbonyl (C=O) groups is 2. The minimum absolute atomic E-state index is 0.276. The van der Waals surface area contributed by atoms with Crippen LogP contribution in [0.3, 0.4) is 0 Å². The summed E-state index contributed by atoms with van der Waals surface area (Å²) in [6.07, 6.45) is 15.1. The molecule has 27 heavy (non-hydrogen) atoms. The van der Waals surface area contributed by atoms with Crippen LogP contribution in [0.5, 0.6) is 0 Å². The quantitative estimate of drug-likeness (QED) is 0.724. The average molecular weight is 393 g/mol. The lowest BCUT2D eigenvalue weighted by Crippen LogP contribution is -2.51. The molecule has 4 rings (SSSR count). The predicted octanol–water partition coefficient (Wildman–Crippen LogP) is 4.08. The summed E-state index contributed by atoms with van der Waals surface area (Å²) in [6, 6.07) is 0.975. The van der Waals surface area contributed by atoms with Crippen molar-refractivity contribution in [2.24, 2.45) is 11.8 Å². The number of hydrogen-bond acceptors (Lipinski definition) is 3. The fourth-order valence-electron chi connectivity index (χ4n) is 6.26. The zero-order chi connectivity index (χ0) is 18.6. The first-order chi connectivity index (χ1) is 13.2. The van der Waals surface area contributed by atoms with Gasteiger partial charge in [-0.3, -0.25) is 9.59 Å². The molecule has 0 spiro atoms. The Labute approximate surface area is 168 Å². The molecule has 4 aliphatic rings. The van der Waals surface area contributed by atoms with Crippen molar-refractivity contribution < 1.29 is 9.59 Å². The fraction of sp³-hybridized carbons (Fsp3) is 0.909. The van der Waals surface area contributed by atoms with Crippen LogP contribution in [0.25, 0.3) is 0 Å². The van der Waals surface area contributed by atoms with Gasteiger partial charge in [0.1, 0.15) is 0 Å². The van der Waals surface area contributed by atoms with E-state index in [1.165, 1.54) is 64.2 Å². The van der Waals surface area contributed by atoms with Gasteiger partial charge in [-0.15, -0.1) is 11.8 Å². The van der Waals surface area contributed by atoms with Crippen molar-refractivity contribution in [3.8, 4) is 0 Å². The standard InChI is InChI=1S/C22H36N2O2S/c25-21(23-13-5-9-17-7-1-3-11-19(17)23)15-27-16-22(26)24-14-6-10-18-8-2-4-12-20(18)24/h17-20H,1-16H2. The molecule has 4 fully saturated rings. The number of piperidine rings is 2. The van der Waals surface area contributed by atoms with E-state index in [1.54, 1.807) is 11.8 Å². The van der Waals surface area contributed by atoms with Gasteiger partial charge in [0, 0.05) is 25.2 Å². The largest absolute Gasteiger partial charge is 0.339 e. The second kappa shape index (κ2) is 9.19. The minimum atomic E-state index is 0.276. The second-order valence-electron chi connectivity index (χ2n) is 9.18. The third kappa shape index (κ3) is 4.49. The molecule has 0 bridgehead atoms. The Bertz CT molecular complexity index is 490. The van der Waals surface area contributed by atoms with Gasteiger partial charge in [-0.2, -0.15) is 0 Å². The lowest BCUT2D eigenvalue weighted by atomic mass is 9.78. The summed E-state index contributed by atoms with van der Waals surface area (Å²) in [5, 5.41) is 0. The lowest BCUT2D eigenvalue weighted by molar-refractivity contribution is -0.134. The highest BCUT2D eigenvalue weighted by molar-refractivity contribution is 8.00. The number of hydrogen-bond donors (Lipinski definition) is 0. The van der Waals surface area contributed by atoms with Crippen LogP contribution in [0.15, 0.2) is 0 Å². The van der Waals surface area contributed by atoms with Crippen LogP contribution >= 0.6 is 11.8 Å². The second-order valence-corrected chi connectivity index (χ2v) is 10.2. The van der Waals surface area contributed by atoms with Crippen molar-refractivity contribution in [1.29, 1.82) is 0 Å². The number of likely N-dealkylation sites (tertiary alicyclic amines) is 2. The van der Waals surface area contributed by atoms with E-state index in [0.717, 1.165) is 37.8 Å². The summed E-state index contributed by atoms with van der Waals surface area (Å²) in [4.78, 5) is 30.0. The van der Waals surface area contributed by atoms with Gasteiger partial charge in [0.2, 0.25) is 11.8 Å². The molecule has 5 heteroatoms. The van der Waals surface area contributed by atoms with Gasteiger partial charge < -0.3 is 9.80 Å². The van der Waals surface area contributed by atoms with Crippen molar-refractivity contribution in [2.45, 2.75) is 89.1 Å².